The van der Waals surface area contributed by atoms with Crippen LogP contribution in [0.3, 0.4) is 0 Å². The van der Waals surface area contributed by atoms with E-state index in [-0.39, 0.29) is 23.6 Å². The van der Waals surface area contributed by atoms with Gasteiger partial charge < -0.3 is 10.0 Å². The van der Waals surface area contributed by atoms with Crippen LogP contribution in [-0.2, 0) is 16.1 Å². The van der Waals surface area contributed by atoms with E-state index in [1.54, 1.807) is 30.7 Å². The van der Waals surface area contributed by atoms with Crippen molar-refractivity contribution < 1.29 is 24.2 Å². The van der Waals surface area contributed by atoms with Crippen LogP contribution in [0.2, 0.25) is 5.02 Å². The summed E-state index contributed by atoms with van der Waals surface area (Å²) < 4.78 is 1.90. The minimum absolute atomic E-state index is 0.114. The molecule has 0 saturated carbocycles. The predicted octanol–water partition coefficient (Wildman–Crippen LogP) is 3.38. The lowest BCUT2D eigenvalue weighted by molar-refractivity contribution is -0.695. The number of nitrogens with zero attached hydrogens (tertiary/aromatic N) is 3. The Labute approximate surface area is 193 Å². The van der Waals surface area contributed by atoms with Gasteiger partial charge in [0.25, 0.3) is 17.4 Å². The van der Waals surface area contributed by atoms with Crippen LogP contribution >= 0.6 is 11.6 Å². The molecule has 33 heavy (non-hydrogen) atoms. The Morgan fingerprint density at radius 2 is 1.97 bits per heavy atom. The number of aliphatic hydroxyl groups is 1. The number of amides is 1. The van der Waals surface area contributed by atoms with Crippen LogP contribution in [0.25, 0.3) is 5.76 Å². The second kappa shape index (κ2) is 9.25. The molecule has 168 valence electrons. The molecule has 2 N–H and O–H groups in total. The Kier molecular flexibility index (Phi) is 6.23. The molecule has 9 nitrogen and oxygen atoms in total. The lowest BCUT2D eigenvalue weighted by Crippen LogP contribution is -2.36. The lowest BCUT2D eigenvalue weighted by atomic mass is 9.95. The van der Waals surface area contributed by atoms with Crippen LogP contribution in [0.4, 0.5) is 5.69 Å². The average molecular weight is 468 g/mol. The molecule has 1 aromatic heterocycles. The number of rotatable bonds is 7. The van der Waals surface area contributed by atoms with E-state index < -0.39 is 22.7 Å². The summed E-state index contributed by atoms with van der Waals surface area (Å²) in [6, 6.07) is 11.0. The monoisotopic (exact) mass is 467 g/mol. The average Bonchev–Trinajstić information content (AvgIpc) is 3.41. The van der Waals surface area contributed by atoms with E-state index in [1.807, 2.05) is 10.8 Å². The fraction of sp³-hybridized carbons (Fsp3) is 0.174. The van der Waals surface area contributed by atoms with E-state index in [0.717, 1.165) is 0 Å². The van der Waals surface area contributed by atoms with Gasteiger partial charge in [-0.3, -0.25) is 24.7 Å². The van der Waals surface area contributed by atoms with Crippen molar-refractivity contribution in [3.05, 3.63) is 99.1 Å². The fourth-order valence-electron chi connectivity index (χ4n) is 3.91. The number of aromatic nitrogens is 2. The van der Waals surface area contributed by atoms with E-state index in [0.29, 0.717) is 29.1 Å². The Balaban J connectivity index is 1.76. The number of nitrogens with one attached hydrogen (secondary N) is 1. The molecule has 1 amide bonds. The summed E-state index contributed by atoms with van der Waals surface area (Å²) in [4.78, 5) is 41.1. The molecule has 4 rings (SSSR count). The van der Waals surface area contributed by atoms with Crippen LogP contribution in [0, 0.1) is 10.1 Å². The molecular formula is C23H20ClN4O5+. The van der Waals surface area contributed by atoms with Crippen LogP contribution in [0.15, 0.2) is 72.8 Å². The largest absolute Gasteiger partial charge is 0.507 e. The van der Waals surface area contributed by atoms with Crippen molar-refractivity contribution in [2.24, 2.45) is 0 Å². The normalized spacial score (nSPS) is 17.5. The van der Waals surface area contributed by atoms with Gasteiger partial charge in [-0.25, -0.2) is 4.57 Å². The standard InChI is InChI=1S/C23H19ClN4O5/c24-17-7-5-15(6-8-17)21(29)19-20(16-3-1-4-18(13-16)28(32)33)27(23(31)22(19)30)11-2-10-26-12-9-25-14-26/h1,3-9,12-14,20H,2,10-11H2,(H,29,30)/p+1. The van der Waals surface area contributed by atoms with Gasteiger partial charge in [-0.1, -0.05) is 23.7 Å². The smallest absolute Gasteiger partial charge is 0.295 e. The number of H-pyrrole nitrogens is 1. The minimum Gasteiger partial charge on any atom is -0.507 e. The number of nitro groups is 1. The Bertz CT molecular complexity index is 1240. The third kappa shape index (κ3) is 4.49. The third-order valence-corrected chi connectivity index (χ3v) is 5.72. The van der Waals surface area contributed by atoms with Gasteiger partial charge in [-0.15, -0.1) is 0 Å². The van der Waals surface area contributed by atoms with Crippen molar-refractivity contribution in [1.82, 2.24) is 9.88 Å². The molecule has 1 atom stereocenters. The summed E-state index contributed by atoms with van der Waals surface area (Å²) in [6.45, 7) is 0.804. The van der Waals surface area contributed by atoms with Crippen molar-refractivity contribution in [3.8, 4) is 0 Å². The summed E-state index contributed by atoms with van der Waals surface area (Å²) in [6.07, 6.45) is 5.91. The molecule has 1 saturated heterocycles. The van der Waals surface area contributed by atoms with Gasteiger partial charge in [0.05, 0.1) is 23.1 Å². The first-order chi connectivity index (χ1) is 15.9. The van der Waals surface area contributed by atoms with Gasteiger partial charge in [0.15, 0.2) is 0 Å². The number of hydrogen-bond donors (Lipinski definition) is 2. The number of Topliss-reactive ketones (excluding diaryl/α,β-unsaturated/α-hetero) is 1. The highest BCUT2D eigenvalue weighted by Crippen LogP contribution is 2.40. The number of aromatic amines is 1. The van der Waals surface area contributed by atoms with Gasteiger partial charge >= 0.3 is 0 Å². The number of non-ortho nitro benzene ring substituents is 1. The number of aryl methyl sites for hydroxylation is 1. The number of hydrogen-bond acceptors (Lipinski definition) is 5. The maximum absolute atomic E-state index is 13.0. The predicted molar refractivity (Wildman–Crippen MR) is 119 cm³/mol. The quantitative estimate of drug-likeness (QED) is 0.138. The van der Waals surface area contributed by atoms with E-state index in [2.05, 4.69) is 4.98 Å². The fourth-order valence-corrected chi connectivity index (χ4v) is 4.04. The zero-order valence-corrected chi connectivity index (χ0v) is 18.1. The first-order valence-corrected chi connectivity index (χ1v) is 10.5. The Hall–Kier alpha value is -3.98. The summed E-state index contributed by atoms with van der Waals surface area (Å²) in [5.41, 5.74) is 0.397. The molecule has 1 unspecified atom stereocenters. The van der Waals surface area contributed by atoms with E-state index in [9.17, 15) is 24.8 Å². The number of benzene rings is 2. The third-order valence-electron chi connectivity index (χ3n) is 5.47. The van der Waals surface area contributed by atoms with Crippen molar-refractivity contribution in [2.75, 3.05) is 6.54 Å². The molecule has 2 aromatic carbocycles. The summed E-state index contributed by atoms with van der Waals surface area (Å²) in [7, 11) is 0. The molecule has 0 bridgehead atoms. The number of ketones is 1. The molecule has 0 spiro atoms. The molecule has 0 radical (unpaired) electrons. The van der Waals surface area contributed by atoms with Crippen LogP contribution < -0.4 is 4.57 Å². The molecule has 2 heterocycles. The highest BCUT2D eigenvalue weighted by atomic mass is 35.5. The van der Waals surface area contributed by atoms with Crippen molar-refractivity contribution in [2.45, 2.75) is 19.0 Å². The van der Waals surface area contributed by atoms with Crippen molar-refractivity contribution in [3.63, 3.8) is 0 Å². The van der Waals surface area contributed by atoms with E-state index in [4.69, 9.17) is 11.6 Å². The van der Waals surface area contributed by atoms with E-state index in [1.165, 1.54) is 35.2 Å². The molecule has 10 heteroatoms. The molecule has 1 fully saturated rings. The summed E-state index contributed by atoms with van der Waals surface area (Å²) in [5.74, 6) is -1.96. The Morgan fingerprint density at radius 3 is 2.64 bits per heavy atom. The number of nitro benzene ring substituents is 1. The van der Waals surface area contributed by atoms with Crippen LogP contribution in [0.1, 0.15) is 23.6 Å². The molecule has 1 aliphatic rings. The van der Waals surface area contributed by atoms with Crippen molar-refractivity contribution in [1.29, 1.82) is 0 Å². The number of halogens is 1. The SMILES string of the molecule is O=C1C(=O)N(CCC[n+]2cc[nH]c2)C(c2cccc([N+](=O)[O-])c2)C1=C(O)c1ccc(Cl)cc1. The Morgan fingerprint density at radius 1 is 1.21 bits per heavy atom. The van der Waals surface area contributed by atoms with Gasteiger partial charge in [0, 0.05) is 35.7 Å². The zero-order chi connectivity index (χ0) is 23.5. The number of carbonyl (C=O) groups is 2. The maximum Gasteiger partial charge on any atom is 0.295 e. The van der Waals surface area contributed by atoms with E-state index >= 15 is 0 Å². The van der Waals surface area contributed by atoms with Gasteiger partial charge in [-0.2, -0.15) is 0 Å². The highest BCUT2D eigenvalue weighted by Gasteiger charge is 2.46. The number of likely N-dealkylation sites (tertiary alicyclic amines) is 1. The molecule has 1 aliphatic heterocycles. The minimum atomic E-state index is -0.961. The van der Waals surface area contributed by atoms with Gasteiger partial charge in [0.1, 0.15) is 18.2 Å². The van der Waals surface area contributed by atoms with Gasteiger partial charge in [-0.05, 0) is 29.8 Å². The molecule has 3 aromatic rings. The number of carbonyl (C=O) groups excluding carboxylic acids is 2. The molecule has 0 aliphatic carbocycles. The number of imidazole rings is 1. The van der Waals surface area contributed by atoms with Crippen LogP contribution in [-0.4, -0.2) is 38.1 Å². The van der Waals surface area contributed by atoms with Crippen LogP contribution in [0.5, 0.6) is 0 Å². The topological polar surface area (TPSA) is 120 Å². The summed E-state index contributed by atoms with van der Waals surface area (Å²) in [5, 5.41) is 22.8. The number of aliphatic hydroxyl groups excluding tert-OH is 1. The summed E-state index contributed by atoms with van der Waals surface area (Å²) >= 11 is 5.93. The molecular weight excluding hydrogens is 448 g/mol. The first-order valence-electron chi connectivity index (χ1n) is 10.2. The maximum atomic E-state index is 13.0. The second-order valence-electron chi connectivity index (χ2n) is 7.55. The van der Waals surface area contributed by atoms with Crippen molar-refractivity contribution >= 4 is 34.7 Å². The lowest BCUT2D eigenvalue weighted by Gasteiger charge is -2.25. The second-order valence-corrected chi connectivity index (χ2v) is 7.99. The van der Waals surface area contributed by atoms with Gasteiger partial charge in [0.2, 0.25) is 6.33 Å². The zero-order valence-electron chi connectivity index (χ0n) is 17.3. The first kappa shape index (κ1) is 22.2. The highest BCUT2D eigenvalue weighted by molar-refractivity contribution is 6.46.